The van der Waals surface area contributed by atoms with Gasteiger partial charge in [-0.2, -0.15) is 0 Å². The van der Waals surface area contributed by atoms with Crippen LogP contribution in [0.4, 0.5) is 0 Å². The molecule has 0 bridgehead atoms. The van der Waals surface area contributed by atoms with Gasteiger partial charge in [0.15, 0.2) is 0 Å². The number of carboxylic acid groups (broad SMARTS) is 2. The molecule has 4 nitrogen and oxygen atoms in total. The van der Waals surface area contributed by atoms with Crippen LogP contribution >= 0.6 is 0 Å². The number of aliphatic carboxylic acids is 2. The summed E-state index contributed by atoms with van der Waals surface area (Å²) in [5.41, 5.74) is 0. The SMILES string of the molecule is CCCCC1CC2CCCC(CCCC)C2C(C(=O)O)C1C(=O)O. The number of carboxylic acids is 2. The van der Waals surface area contributed by atoms with Crippen molar-refractivity contribution in [3.8, 4) is 0 Å². The maximum Gasteiger partial charge on any atom is 0.307 e. The summed E-state index contributed by atoms with van der Waals surface area (Å²) < 4.78 is 0. The first-order chi connectivity index (χ1) is 11.5. The summed E-state index contributed by atoms with van der Waals surface area (Å²) in [6, 6.07) is 0. The summed E-state index contributed by atoms with van der Waals surface area (Å²) in [7, 11) is 0. The highest BCUT2D eigenvalue weighted by Gasteiger charge is 2.53. The maximum absolute atomic E-state index is 12.1. The fourth-order valence-electron chi connectivity index (χ4n) is 5.58. The van der Waals surface area contributed by atoms with Gasteiger partial charge in [0, 0.05) is 0 Å². The first-order valence-corrected chi connectivity index (χ1v) is 9.96. The Morgan fingerprint density at radius 1 is 0.875 bits per heavy atom. The first kappa shape index (κ1) is 19.3. The maximum atomic E-state index is 12.1. The lowest BCUT2D eigenvalue weighted by Crippen LogP contribution is -2.51. The molecule has 0 aromatic heterocycles. The highest BCUT2D eigenvalue weighted by atomic mass is 16.4. The van der Waals surface area contributed by atoms with E-state index in [1.807, 2.05) is 0 Å². The van der Waals surface area contributed by atoms with Crippen LogP contribution in [0, 0.1) is 35.5 Å². The third-order valence-corrected chi connectivity index (χ3v) is 6.58. The molecule has 2 N–H and O–H groups in total. The van der Waals surface area contributed by atoms with Crippen LogP contribution in [-0.4, -0.2) is 22.2 Å². The molecule has 0 aromatic carbocycles. The Labute approximate surface area is 146 Å². The molecule has 0 heterocycles. The van der Waals surface area contributed by atoms with E-state index < -0.39 is 23.8 Å². The highest BCUT2D eigenvalue weighted by Crippen LogP contribution is 2.53. The molecule has 2 fully saturated rings. The molecule has 0 aromatic rings. The van der Waals surface area contributed by atoms with E-state index in [1.165, 1.54) is 6.42 Å². The second kappa shape index (κ2) is 8.87. The van der Waals surface area contributed by atoms with Gasteiger partial charge in [0.1, 0.15) is 0 Å². The molecule has 0 saturated heterocycles. The number of carbonyl (C=O) groups is 2. The average molecular weight is 338 g/mol. The summed E-state index contributed by atoms with van der Waals surface area (Å²) in [5.74, 6) is -2.22. The van der Waals surface area contributed by atoms with Crippen LogP contribution in [0.2, 0.25) is 0 Å². The minimum Gasteiger partial charge on any atom is -0.481 e. The van der Waals surface area contributed by atoms with Gasteiger partial charge >= 0.3 is 11.9 Å². The molecule has 6 atom stereocenters. The molecule has 2 rings (SSSR count). The summed E-state index contributed by atoms with van der Waals surface area (Å²) >= 11 is 0. The Morgan fingerprint density at radius 2 is 1.46 bits per heavy atom. The van der Waals surface area contributed by atoms with E-state index in [2.05, 4.69) is 13.8 Å². The Morgan fingerprint density at radius 3 is 2.00 bits per heavy atom. The lowest BCUT2D eigenvalue weighted by molar-refractivity contribution is -0.168. The minimum atomic E-state index is -0.887. The molecule has 0 amide bonds. The average Bonchev–Trinajstić information content (AvgIpc) is 2.56. The third kappa shape index (κ3) is 4.12. The second-order valence-electron chi connectivity index (χ2n) is 8.04. The largest absolute Gasteiger partial charge is 0.481 e. The number of fused-ring (bicyclic) bond motifs is 1. The minimum absolute atomic E-state index is 0.0368. The number of hydrogen-bond acceptors (Lipinski definition) is 2. The summed E-state index contributed by atoms with van der Waals surface area (Å²) in [6.07, 6.45) is 10.5. The summed E-state index contributed by atoms with van der Waals surface area (Å²) in [4.78, 5) is 24.1. The second-order valence-corrected chi connectivity index (χ2v) is 8.04. The van der Waals surface area contributed by atoms with Crippen LogP contribution < -0.4 is 0 Å². The molecule has 6 unspecified atom stereocenters. The number of rotatable bonds is 8. The van der Waals surface area contributed by atoms with Crippen molar-refractivity contribution in [2.24, 2.45) is 35.5 Å². The van der Waals surface area contributed by atoms with E-state index in [9.17, 15) is 19.8 Å². The van der Waals surface area contributed by atoms with Gasteiger partial charge in [-0.15, -0.1) is 0 Å². The molecular weight excluding hydrogens is 304 g/mol. The van der Waals surface area contributed by atoms with Crippen LogP contribution in [0.15, 0.2) is 0 Å². The zero-order chi connectivity index (χ0) is 17.7. The molecule has 0 radical (unpaired) electrons. The van der Waals surface area contributed by atoms with E-state index in [0.29, 0.717) is 11.8 Å². The lowest BCUT2D eigenvalue weighted by Gasteiger charge is -2.50. The predicted molar refractivity (Wildman–Crippen MR) is 93.7 cm³/mol. The lowest BCUT2D eigenvalue weighted by atomic mass is 9.53. The smallest absolute Gasteiger partial charge is 0.307 e. The molecule has 2 aliphatic rings. The molecule has 2 saturated carbocycles. The highest BCUT2D eigenvalue weighted by molar-refractivity contribution is 5.81. The van der Waals surface area contributed by atoms with Crippen molar-refractivity contribution in [1.82, 2.24) is 0 Å². The fourth-order valence-corrected chi connectivity index (χ4v) is 5.58. The standard InChI is InChI=1S/C20H34O4/c1-3-5-8-13-10-7-11-14-12-15(9-6-4-2)17(19(21)22)18(16(13)14)20(23)24/h13-18H,3-12H2,1-2H3,(H,21,22)(H,23,24). The quantitative estimate of drug-likeness (QED) is 0.665. The zero-order valence-electron chi connectivity index (χ0n) is 15.2. The Kier molecular flexibility index (Phi) is 7.12. The molecule has 0 spiro atoms. The van der Waals surface area contributed by atoms with Crippen LogP contribution in [0.3, 0.4) is 0 Å². The van der Waals surface area contributed by atoms with Crippen molar-refractivity contribution in [2.75, 3.05) is 0 Å². The van der Waals surface area contributed by atoms with E-state index >= 15 is 0 Å². The molecular formula is C20H34O4. The van der Waals surface area contributed by atoms with Gasteiger partial charge in [0.2, 0.25) is 0 Å². The van der Waals surface area contributed by atoms with Crippen LogP contribution in [0.1, 0.15) is 78.1 Å². The van der Waals surface area contributed by atoms with E-state index in [4.69, 9.17) is 0 Å². The number of unbranched alkanes of at least 4 members (excludes halogenated alkanes) is 2. The number of hydrogen-bond donors (Lipinski definition) is 2. The first-order valence-electron chi connectivity index (χ1n) is 9.96. The van der Waals surface area contributed by atoms with Gasteiger partial charge in [-0.1, -0.05) is 65.2 Å². The molecule has 24 heavy (non-hydrogen) atoms. The van der Waals surface area contributed by atoms with E-state index in [-0.39, 0.29) is 11.8 Å². The van der Waals surface area contributed by atoms with Crippen molar-refractivity contribution in [1.29, 1.82) is 0 Å². The monoisotopic (exact) mass is 338 g/mol. The Bertz CT molecular complexity index is 433. The normalized spacial score (nSPS) is 36.1. The Balaban J connectivity index is 2.29. The predicted octanol–water partition coefficient (Wildman–Crippen LogP) is 4.82. The molecule has 2 aliphatic carbocycles. The van der Waals surface area contributed by atoms with E-state index in [0.717, 1.165) is 57.8 Å². The van der Waals surface area contributed by atoms with Gasteiger partial charge in [0.25, 0.3) is 0 Å². The third-order valence-electron chi connectivity index (χ3n) is 6.58. The van der Waals surface area contributed by atoms with Gasteiger partial charge in [-0.25, -0.2) is 0 Å². The van der Waals surface area contributed by atoms with Gasteiger partial charge in [0.05, 0.1) is 11.8 Å². The summed E-state index contributed by atoms with van der Waals surface area (Å²) in [6.45, 7) is 4.27. The van der Waals surface area contributed by atoms with Crippen LogP contribution in [-0.2, 0) is 9.59 Å². The fraction of sp³-hybridized carbons (Fsp3) is 0.900. The van der Waals surface area contributed by atoms with Crippen LogP contribution in [0.25, 0.3) is 0 Å². The molecule has 4 heteroatoms. The van der Waals surface area contributed by atoms with Crippen molar-refractivity contribution in [3.63, 3.8) is 0 Å². The zero-order valence-corrected chi connectivity index (χ0v) is 15.2. The Hall–Kier alpha value is -1.06. The van der Waals surface area contributed by atoms with Crippen molar-refractivity contribution < 1.29 is 19.8 Å². The van der Waals surface area contributed by atoms with Crippen LogP contribution in [0.5, 0.6) is 0 Å². The summed E-state index contributed by atoms with van der Waals surface area (Å²) in [5, 5.41) is 19.7. The van der Waals surface area contributed by atoms with Crippen molar-refractivity contribution in [3.05, 3.63) is 0 Å². The topological polar surface area (TPSA) is 74.6 Å². The van der Waals surface area contributed by atoms with Gasteiger partial charge in [-0.3, -0.25) is 9.59 Å². The van der Waals surface area contributed by atoms with Crippen molar-refractivity contribution in [2.45, 2.75) is 78.1 Å². The van der Waals surface area contributed by atoms with Gasteiger partial charge < -0.3 is 10.2 Å². The van der Waals surface area contributed by atoms with Gasteiger partial charge in [-0.05, 0) is 36.5 Å². The van der Waals surface area contributed by atoms with Crippen molar-refractivity contribution >= 4 is 11.9 Å². The molecule has 0 aliphatic heterocycles. The molecule has 138 valence electrons. The van der Waals surface area contributed by atoms with E-state index in [1.54, 1.807) is 0 Å².